The van der Waals surface area contributed by atoms with E-state index in [1.165, 1.54) is 0 Å². The van der Waals surface area contributed by atoms with Crippen molar-refractivity contribution in [2.45, 2.75) is 6.04 Å². The van der Waals surface area contributed by atoms with Gasteiger partial charge in [-0.3, -0.25) is 4.79 Å². The van der Waals surface area contributed by atoms with Crippen molar-refractivity contribution in [2.75, 3.05) is 24.8 Å². The van der Waals surface area contributed by atoms with E-state index in [-0.39, 0.29) is 25.1 Å². The highest BCUT2D eigenvalue weighted by molar-refractivity contribution is 7.99. The lowest BCUT2D eigenvalue weighted by atomic mass is 10.3. The predicted octanol–water partition coefficient (Wildman–Crippen LogP) is -1.16. The van der Waals surface area contributed by atoms with E-state index in [1.54, 1.807) is 16.7 Å². The Kier molecular flexibility index (Phi) is 3.16. The van der Waals surface area contributed by atoms with E-state index in [2.05, 4.69) is 0 Å². The van der Waals surface area contributed by atoms with Gasteiger partial charge >= 0.3 is 0 Å². The van der Waals surface area contributed by atoms with Gasteiger partial charge in [-0.15, -0.1) is 11.8 Å². The number of hydrogen-bond donors (Lipinski definition) is 2. The summed E-state index contributed by atoms with van der Waals surface area (Å²) in [4.78, 5) is 12.7. The fraction of sp³-hybridized carbons (Fsp3) is 0.833. The summed E-state index contributed by atoms with van der Waals surface area (Å²) in [5.74, 6) is 1.41. The normalized spacial score (nSPS) is 24.2. The van der Waals surface area contributed by atoms with Gasteiger partial charge in [-0.2, -0.15) is 0 Å². The molecule has 0 aromatic heterocycles. The van der Waals surface area contributed by atoms with Crippen LogP contribution in [0.15, 0.2) is 0 Å². The molecule has 1 aliphatic rings. The van der Waals surface area contributed by atoms with E-state index in [4.69, 9.17) is 10.8 Å². The Bertz CT molecular complexity index is 154. The number of carbonyl (C=O) groups is 1. The van der Waals surface area contributed by atoms with Gasteiger partial charge in [-0.1, -0.05) is 0 Å². The van der Waals surface area contributed by atoms with Gasteiger partial charge in [0, 0.05) is 5.75 Å². The third-order valence-electron chi connectivity index (χ3n) is 1.69. The third kappa shape index (κ3) is 1.85. The average Bonchev–Trinajstić information content (AvgIpc) is 2.50. The van der Waals surface area contributed by atoms with E-state index in [0.29, 0.717) is 5.88 Å². The molecule has 4 nitrogen and oxygen atoms in total. The lowest BCUT2D eigenvalue weighted by Gasteiger charge is -2.20. The number of carbonyl (C=O) groups excluding carboxylic acids is 1. The van der Waals surface area contributed by atoms with Crippen LogP contribution in [0.4, 0.5) is 0 Å². The molecule has 1 fully saturated rings. The Morgan fingerprint density at radius 3 is 3.09 bits per heavy atom. The molecule has 64 valence electrons. The molecule has 11 heavy (non-hydrogen) atoms. The van der Waals surface area contributed by atoms with Crippen molar-refractivity contribution in [3.63, 3.8) is 0 Å². The molecule has 0 aromatic carbocycles. The van der Waals surface area contributed by atoms with Crippen molar-refractivity contribution in [3.05, 3.63) is 0 Å². The molecule has 0 aliphatic carbocycles. The minimum Gasteiger partial charge on any atom is -0.394 e. The lowest BCUT2D eigenvalue weighted by Crippen LogP contribution is -2.42. The van der Waals surface area contributed by atoms with Gasteiger partial charge in [-0.25, -0.2) is 0 Å². The van der Waals surface area contributed by atoms with Crippen molar-refractivity contribution in [2.24, 2.45) is 5.73 Å². The van der Waals surface area contributed by atoms with Crippen LogP contribution in [-0.4, -0.2) is 46.7 Å². The number of thioether (sulfide) groups is 1. The largest absolute Gasteiger partial charge is 0.394 e. The highest BCUT2D eigenvalue weighted by Gasteiger charge is 2.27. The predicted molar refractivity (Wildman–Crippen MR) is 44.1 cm³/mol. The maximum Gasteiger partial charge on any atom is 0.237 e. The van der Waals surface area contributed by atoms with E-state index >= 15 is 0 Å². The summed E-state index contributed by atoms with van der Waals surface area (Å²) in [5, 5.41) is 8.83. The first kappa shape index (κ1) is 8.83. The van der Waals surface area contributed by atoms with Crippen LogP contribution in [0.5, 0.6) is 0 Å². The molecule has 5 heteroatoms. The van der Waals surface area contributed by atoms with Gasteiger partial charge in [0.1, 0.15) is 0 Å². The van der Waals surface area contributed by atoms with Gasteiger partial charge in [0.2, 0.25) is 5.91 Å². The van der Waals surface area contributed by atoms with Crippen LogP contribution in [0, 0.1) is 0 Å². The van der Waals surface area contributed by atoms with Gasteiger partial charge in [0.25, 0.3) is 0 Å². The number of nitrogens with zero attached hydrogens (tertiary/aromatic N) is 1. The maximum absolute atomic E-state index is 11.1. The Morgan fingerprint density at radius 2 is 2.55 bits per heavy atom. The number of amides is 1. The summed E-state index contributed by atoms with van der Waals surface area (Å²) in [6.07, 6.45) is 0. The van der Waals surface area contributed by atoms with Crippen LogP contribution in [-0.2, 0) is 4.79 Å². The zero-order chi connectivity index (χ0) is 8.27. The quantitative estimate of drug-likeness (QED) is 0.557. The topological polar surface area (TPSA) is 66.6 Å². The monoisotopic (exact) mass is 176 g/mol. The van der Waals surface area contributed by atoms with Crippen molar-refractivity contribution in [1.29, 1.82) is 0 Å². The van der Waals surface area contributed by atoms with E-state index < -0.39 is 0 Å². The third-order valence-corrected chi connectivity index (χ3v) is 2.77. The molecular weight excluding hydrogens is 164 g/mol. The van der Waals surface area contributed by atoms with Crippen LogP contribution in [0.3, 0.4) is 0 Å². The minimum absolute atomic E-state index is 0.0175. The second-order valence-electron chi connectivity index (χ2n) is 2.40. The number of aliphatic hydroxyl groups is 1. The van der Waals surface area contributed by atoms with Crippen molar-refractivity contribution < 1.29 is 9.90 Å². The second kappa shape index (κ2) is 3.94. The van der Waals surface area contributed by atoms with E-state index in [1.807, 2.05) is 0 Å². The second-order valence-corrected chi connectivity index (χ2v) is 3.40. The van der Waals surface area contributed by atoms with E-state index in [9.17, 15) is 4.79 Å². The van der Waals surface area contributed by atoms with Gasteiger partial charge in [0.15, 0.2) is 0 Å². The molecule has 1 aliphatic heterocycles. The SMILES string of the molecule is NCC(=O)N1CSCC1CO. The zero-order valence-corrected chi connectivity index (χ0v) is 7.01. The first-order chi connectivity index (χ1) is 5.29. The molecule has 1 heterocycles. The molecule has 1 saturated heterocycles. The molecule has 1 atom stereocenters. The maximum atomic E-state index is 11.1. The Hall–Kier alpha value is -0.260. The molecule has 3 N–H and O–H groups in total. The minimum atomic E-state index is -0.0750. The molecule has 0 spiro atoms. The standard InChI is InChI=1S/C6H12N2O2S/c7-1-6(10)8-4-11-3-5(8)2-9/h5,9H,1-4,7H2. The molecule has 0 saturated carbocycles. The Balaban J connectivity index is 2.49. The van der Waals surface area contributed by atoms with Crippen LogP contribution < -0.4 is 5.73 Å². The number of hydrogen-bond acceptors (Lipinski definition) is 4. The fourth-order valence-corrected chi connectivity index (χ4v) is 2.24. The highest BCUT2D eigenvalue weighted by atomic mass is 32.2. The van der Waals surface area contributed by atoms with Gasteiger partial charge in [0.05, 0.1) is 25.1 Å². The van der Waals surface area contributed by atoms with Crippen molar-refractivity contribution in [1.82, 2.24) is 4.90 Å². The zero-order valence-electron chi connectivity index (χ0n) is 6.19. The Morgan fingerprint density at radius 1 is 1.82 bits per heavy atom. The van der Waals surface area contributed by atoms with Crippen LogP contribution in [0.1, 0.15) is 0 Å². The van der Waals surface area contributed by atoms with Crippen LogP contribution >= 0.6 is 11.8 Å². The summed E-state index contributed by atoms with van der Waals surface area (Å²) in [6, 6.07) is -0.0175. The number of aliphatic hydroxyl groups excluding tert-OH is 1. The van der Waals surface area contributed by atoms with Crippen LogP contribution in [0.2, 0.25) is 0 Å². The summed E-state index contributed by atoms with van der Waals surface area (Å²) in [7, 11) is 0. The number of rotatable bonds is 2. The summed E-state index contributed by atoms with van der Waals surface area (Å²) >= 11 is 1.65. The lowest BCUT2D eigenvalue weighted by molar-refractivity contribution is -0.130. The first-order valence-corrected chi connectivity index (χ1v) is 4.63. The fourth-order valence-electron chi connectivity index (χ4n) is 1.03. The average molecular weight is 176 g/mol. The molecule has 1 amide bonds. The molecule has 1 unspecified atom stereocenters. The summed E-state index contributed by atoms with van der Waals surface area (Å²) in [5.41, 5.74) is 5.19. The molecule has 0 radical (unpaired) electrons. The molecular formula is C6H12N2O2S. The van der Waals surface area contributed by atoms with Gasteiger partial charge in [-0.05, 0) is 0 Å². The molecule has 0 bridgehead atoms. The molecule has 0 aromatic rings. The van der Waals surface area contributed by atoms with Crippen LogP contribution in [0.25, 0.3) is 0 Å². The smallest absolute Gasteiger partial charge is 0.237 e. The number of nitrogens with two attached hydrogens (primary N) is 1. The van der Waals surface area contributed by atoms with Crippen molar-refractivity contribution in [3.8, 4) is 0 Å². The van der Waals surface area contributed by atoms with E-state index in [0.717, 1.165) is 5.75 Å². The summed E-state index contributed by atoms with van der Waals surface area (Å²) < 4.78 is 0. The van der Waals surface area contributed by atoms with Gasteiger partial charge < -0.3 is 15.7 Å². The summed E-state index contributed by atoms with van der Waals surface area (Å²) in [6.45, 7) is 0.0792. The van der Waals surface area contributed by atoms with Crippen molar-refractivity contribution >= 4 is 17.7 Å². The first-order valence-electron chi connectivity index (χ1n) is 3.47. The Labute approximate surface area is 69.7 Å². The highest BCUT2D eigenvalue weighted by Crippen LogP contribution is 2.19. The molecule has 1 rings (SSSR count).